The normalized spacial score (nSPS) is 16.0. The van der Waals surface area contributed by atoms with E-state index in [4.69, 9.17) is 17.0 Å². The third kappa shape index (κ3) is 4.28. The molecule has 0 spiro atoms. The molecule has 25 heavy (non-hydrogen) atoms. The van der Waals surface area contributed by atoms with Gasteiger partial charge in [-0.3, -0.25) is 0 Å². The molecule has 1 aromatic heterocycles. The zero-order valence-corrected chi connectivity index (χ0v) is 15.4. The summed E-state index contributed by atoms with van der Waals surface area (Å²) in [6.45, 7) is 0.839. The zero-order valence-electron chi connectivity index (χ0n) is 14.6. The van der Waals surface area contributed by atoms with Gasteiger partial charge in [0, 0.05) is 18.2 Å². The molecule has 1 aromatic carbocycles. The van der Waals surface area contributed by atoms with E-state index in [1.165, 1.54) is 37.7 Å². The SMILES string of the molecule is COc1ncccc1NC(=S)NCC1(c2ccccc2)CCCCC1. The zero-order chi connectivity index (χ0) is 17.5. The fourth-order valence-electron chi connectivity index (χ4n) is 3.65. The first-order valence-electron chi connectivity index (χ1n) is 8.83. The monoisotopic (exact) mass is 355 g/mol. The fraction of sp³-hybridized carbons (Fsp3) is 0.400. The van der Waals surface area contributed by atoms with Crippen LogP contribution in [0.5, 0.6) is 5.88 Å². The van der Waals surface area contributed by atoms with Crippen LogP contribution < -0.4 is 15.4 Å². The predicted molar refractivity (Wildman–Crippen MR) is 106 cm³/mol. The van der Waals surface area contributed by atoms with Gasteiger partial charge >= 0.3 is 0 Å². The Labute approximate surface area is 155 Å². The van der Waals surface area contributed by atoms with Gasteiger partial charge in [-0.25, -0.2) is 4.98 Å². The number of nitrogens with one attached hydrogen (secondary N) is 2. The molecule has 1 aliphatic carbocycles. The highest BCUT2D eigenvalue weighted by Gasteiger charge is 2.33. The van der Waals surface area contributed by atoms with Gasteiger partial charge in [0.1, 0.15) is 5.69 Å². The van der Waals surface area contributed by atoms with Crippen molar-refractivity contribution in [1.82, 2.24) is 10.3 Å². The second kappa shape index (κ2) is 8.30. The lowest BCUT2D eigenvalue weighted by Gasteiger charge is -2.38. The molecule has 1 saturated carbocycles. The van der Waals surface area contributed by atoms with Crippen LogP contribution in [0.15, 0.2) is 48.7 Å². The van der Waals surface area contributed by atoms with E-state index in [1.807, 2.05) is 12.1 Å². The average molecular weight is 356 g/mol. The number of pyridine rings is 1. The van der Waals surface area contributed by atoms with Crippen LogP contribution in [0.2, 0.25) is 0 Å². The summed E-state index contributed by atoms with van der Waals surface area (Å²) in [4.78, 5) is 4.19. The van der Waals surface area contributed by atoms with Crippen LogP contribution in [0, 0.1) is 0 Å². The van der Waals surface area contributed by atoms with E-state index >= 15 is 0 Å². The minimum atomic E-state index is 0.157. The number of thiocarbonyl (C=S) groups is 1. The number of benzene rings is 1. The number of methoxy groups -OCH3 is 1. The molecule has 3 rings (SSSR count). The number of ether oxygens (including phenoxy) is 1. The van der Waals surface area contributed by atoms with E-state index in [0.29, 0.717) is 11.0 Å². The maximum atomic E-state index is 5.51. The van der Waals surface area contributed by atoms with E-state index in [0.717, 1.165) is 12.2 Å². The first-order valence-corrected chi connectivity index (χ1v) is 9.24. The van der Waals surface area contributed by atoms with Crippen LogP contribution in [0.3, 0.4) is 0 Å². The molecular weight excluding hydrogens is 330 g/mol. The Bertz CT molecular complexity index is 699. The van der Waals surface area contributed by atoms with Crippen LogP contribution in [0.4, 0.5) is 5.69 Å². The molecule has 0 aliphatic heterocycles. The van der Waals surface area contributed by atoms with E-state index in [-0.39, 0.29) is 5.41 Å². The summed E-state index contributed by atoms with van der Waals surface area (Å²) in [7, 11) is 1.61. The Morgan fingerprint density at radius 1 is 1.12 bits per heavy atom. The molecule has 132 valence electrons. The van der Waals surface area contributed by atoms with Crippen molar-refractivity contribution < 1.29 is 4.74 Å². The van der Waals surface area contributed by atoms with Crippen molar-refractivity contribution in [3.63, 3.8) is 0 Å². The van der Waals surface area contributed by atoms with Gasteiger partial charge in [-0.2, -0.15) is 0 Å². The topological polar surface area (TPSA) is 46.2 Å². The summed E-state index contributed by atoms with van der Waals surface area (Å²) in [5.41, 5.74) is 2.34. The van der Waals surface area contributed by atoms with Crippen LogP contribution in [0.25, 0.3) is 0 Å². The van der Waals surface area contributed by atoms with Crippen molar-refractivity contribution >= 4 is 23.0 Å². The van der Waals surface area contributed by atoms with Crippen molar-refractivity contribution in [3.05, 3.63) is 54.2 Å². The highest BCUT2D eigenvalue weighted by Crippen LogP contribution is 2.38. The summed E-state index contributed by atoms with van der Waals surface area (Å²) < 4.78 is 5.27. The minimum absolute atomic E-state index is 0.157. The minimum Gasteiger partial charge on any atom is -0.480 e. The Hall–Kier alpha value is -2.14. The van der Waals surface area contributed by atoms with E-state index in [9.17, 15) is 0 Å². The molecular formula is C20H25N3OS. The van der Waals surface area contributed by atoms with Gasteiger partial charge in [-0.15, -0.1) is 0 Å². The lowest BCUT2D eigenvalue weighted by Crippen LogP contribution is -2.43. The van der Waals surface area contributed by atoms with Gasteiger partial charge in [0.05, 0.1) is 7.11 Å². The Balaban J connectivity index is 1.68. The van der Waals surface area contributed by atoms with Crippen LogP contribution in [-0.2, 0) is 5.41 Å². The van der Waals surface area contributed by atoms with Gasteiger partial charge in [0.15, 0.2) is 5.11 Å². The second-order valence-corrected chi connectivity index (χ2v) is 6.98. The Morgan fingerprint density at radius 2 is 1.88 bits per heavy atom. The molecule has 0 amide bonds. The number of hydrogen-bond donors (Lipinski definition) is 2. The van der Waals surface area contributed by atoms with Gasteiger partial charge < -0.3 is 15.4 Å². The number of aromatic nitrogens is 1. The van der Waals surface area contributed by atoms with Crippen LogP contribution in [-0.4, -0.2) is 23.8 Å². The third-order valence-corrected chi connectivity index (χ3v) is 5.24. The molecule has 0 bridgehead atoms. The molecule has 0 radical (unpaired) electrons. The van der Waals surface area contributed by atoms with Gasteiger partial charge in [-0.05, 0) is 42.8 Å². The quantitative estimate of drug-likeness (QED) is 0.784. The molecule has 2 N–H and O–H groups in total. The number of rotatable bonds is 5. The Morgan fingerprint density at radius 3 is 2.60 bits per heavy atom. The largest absolute Gasteiger partial charge is 0.480 e. The third-order valence-electron chi connectivity index (χ3n) is 5.00. The van der Waals surface area contributed by atoms with Crippen molar-refractivity contribution in [2.24, 2.45) is 0 Å². The molecule has 1 aliphatic rings. The van der Waals surface area contributed by atoms with E-state index < -0.39 is 0 Å². The molecule has 5 heteroatoms. The Kier molecular flexibility index (Phi) is 5.87. The standard InChI is InChI=1S/C20H25N3OS/c1-24-18-17(11-8-14-21-18)23-19(25)22-15-20(12-6-3-7-13-20)16-9-4-2-5-10-16/h2,4-5,8-11,14H,3,6-7,12-13,15H2,1H3,(H2,22,23,25). The lowest BCUT2D eigenvalue weighted by atomic mass is 9.69. The summed E-state index contributed by atoms with van der Waals surface area (Å²) in [5, 5.41) is 7.23. The average Bonchev–Trinajstić information content (AvgIpc) is 2.68. The van der Waals surface area contributed by atoms with E-state index in [1.54, 1.807) is 13.3 Å². The second-order valence-electron chi connectivity index (χ2n) is 6.57. The summed E-state index contributed by atoms with van der Waals surface area (Å²) in [6, 6.07) is 14.6. The fourth-order valence-corrected chi connectivity index (χ4v) is 3.83. The van der Waals surface area contributed by atoms with Crippen molar-refractivity contribution in [3.8, 4) is 5.88 Å². The summed E-state index contributed by atoms with van der Waals surface area (Å²) >= 11 is 5.51. The highest BCUT2D eigenvalue weighted by molar-refractivity contribution is 7.80. The van der Waals surface area contributed by atoms with Gasteiger partial charge in [0.25, 0.3) is 0 Å². The van der Waals surface area contributed by atoms with Gasteiger partial charge in [-0.1, -0.05) is 49.6 Å². The maximum Gasteiger partial charge on any atom is 0.237 e. The first kappa shape index (κ1) is 17.7. The molecule has 2 aromatic rings. The smallest absolute Gasteiger partial charge is 0.237 e. The van der Waals surface area contributed by atoms with Crippen molar-refractivity contribution in [2.75, 3.05) is 19.0 Å². The van der Waals surface area contributed by atoms with Crippen molar-refractivity contribution in [2.45, 2.75) is 37.5 Å². The number of anilines is 1. The number of nitrogens with zero attached hydrogens (tertiary/aromatic N) is 1. The first-order chi connectivity index (χ1) is 12.2. The molecule has 4 nitrogen and oxygen atoms in total. The molecule has 0 saturated heterocycles. The summed E-state index contributed by atoms with van der Waals surface area (Å²) in [6.07, 6.45) is 7.96. The maximum absolute atomic E-state index is 5.51. The highest BCUT2D eigenvalue weighted by atomic mass is 32.1. The predicted octanol–water partition coefficient (Wildman–Crippen LogP) is 4.28. The lowest BCUT2D eigenvalue weighted by molar-refractivity contribution is 0.292. The van der Waals surface area contributed by atoms with Crippen LogP contribution >= 0.6 is 12.2 Å². The van der Waals surface area contributed by atoms with E-state index in [2.05, 4.69) is 45.9 Å². The molecule has 0 atom stereocenters. The van der Waals surface area contributed by atoms with Crippen molar-refractivity contribution in [1.29, 1.82) is 0 Å². The number of hydrogen-bond acceptors (Lipinski definition) is 3. The molecule has 1 fully saturated rings. The van der Waals surface area contributed by atoms with Crippen LogP contribution in [0.1, 0.15) is 37.7 Å². The molecule has 0 unspecified atom stereocenters. The summed E-state index contributed by atoms with van der Waals surface area (Å²) in [5.74, 6) is 0.544. The van der Waals surface area contributed by atoms with Gasteiger partial charge in [0.2, 0.25) is 5.88 Å². The molecule has 1 heterocycles.